The zero-order chi connectivity index (χ0) is 10.9. The van der Waals surface area contributed by atoms with Crippen LogP contribution in [0.1, 0.15) is 48.5 Å². The molecule has 13 heavy (non-hydrogen) atoms. The number of rotatable bonds is 2. The minimum absolute atomic E-state index is 0.154. The fraction of sp³-hybridized carbons (Fsp3) is 1.00. The molecule has 0 radical (unpaired) electrons. The average molecular weight is 205 g/mol. The average Bonchev–Trinajstić information content (AvgIpc) is 1.82. The van der Waals surface area contributed by atoms with Crippen molar-refractivity contribution in [3.05, 3.63) is 0 Å². The molecule has 0 fully saturated rings. The monoisotopic (exact) mass is 205 g/mol. The summed E-state index contributed by atoms with van der Waals surface area (Å²) in [5.74, 6) is 0. The summed E-state index contributed by atoms with van der Waals surface area (Å²) in [6.45, 7) is 14.4. The topological polar surface area (TPSA) is 29.1 Å². The van der Waals surface area contributed by atoms with Gasteiger partial charge in [-0.15, -0.1) is 0 Å². The zero-order valence-corrected chi connectivity index (χ0v) is 10.7. The molecule has 0 aromatic heterocycles. The maximum Gasteiger partial charge on any atom is 0.0972 e. The Hall–Kier alpha value is 0.110. The second-order valence-electron chi connectivity index (χ2n) is 5.59. The minimum atomic E-state index is -0.964. The quantitative estimate of drug-likeness (QED) is 0.737. The number of nitrogens with one attached hydrogen (secondary N) is 1. The van der Waals surface area contributed by atoms with E-state index < -0.39 is 11.0 Å². The normalized spacial score (nSPS) is 18.4. The molecular weight excluding hydrogens is 182 g/mol. The maximum atomic E-state index is 11.7. The maximum absolute atomic E-state index is 11.7. The van der Waals surface area contributed by atoms with E-state index in [4.69, 9.17) is 0 Å². The van der Waals surface area contributed by atoms with Crippen LogP contribution in [0.5, 0.6) is 0 Å². The molecule has 0 aliphatic heterocycles. The van der Waals surface area contributed by atoms with Gasteiger partial charge >= 0.3 is 0 Å². The van der Waals surface area contributed by atoms with Crippen LogP contribution in [0.15, 0.2) is 0 Å². The standard InChI is InChI=1S/C10H23NOS/c1-8(9(2,3)4)11-13(12)10(5,6)7/h8,11H,1-7H3/t8-,13-/m1/s1. The highest BCUT2D eigenvalue weighted by atomic mass is 32.2. The van der Waals surface area contributed by atoms with E-state index in [1.165, 1.54) is 0 Å². The minimum Gasteiger partial charge on any atom is -0.242 e. The van der Waals surface area contributed by atoms with E-state index in [-0.39, 0.29) is 16.2 Å². The van der Waals surface area contributed by atoms with Crippen LogP contribution < -0.4 is 4.72 Å². The van der Waals surface area contributed by atoms with Crippen molar-refractivity contribution in [1.82, 2.24) is 4.72 Å². The predicted molar refractivity (Wildman–Crippen MR) is 59.9 cm³/mol. The van der Waals surface area contributed by atoms with E-state index in [2.05, 4.69) is 32.4 Å². The SMILES string of the molecule is C[C@@H](N[S@](=O)C(C)(C)C)C(C)(C)C. The first-order chi connectivity index (χ1) is 5.55. The van der Waals surface area contributed by atoms with Gasteiger partial charge in [-0.1, -0.05) is 20.8 Å². The van der Waals surface area contributed by atoms with Gasteiger partial charge in [0.1, 0.15) is 0 Å². The largest absolute Gasteiger partial charge is 0.242 e. The molecule has 0 unspecified atom stereocenters. The zero-order valence-electron chi connectivity index (χ0n) is 9.89. The van der Waals surface area contributed by atoms with Crippen molar-refractivity contribution >= 4 is 11.0 Å². The summed E-state index contributed by atoms with van der Waals surface area (Å²) in [6, 6.07) is 0.257. The molecule has 0 spiro atoms. The molecule has 0 aromatic rings. The molecule has 0 rings (SSSR count). The lowest BCUT2D eigenvalue weighted by Gasteiger charge is -2.30. The first kappa shape index (κ1) is 13.1. The van der Waals surface area contributed by atoms with Gasteiger partial charge < -0.3 is 0 Å². The molecule has 0 aromatic carbocycles. The van der Waals surface area contributed by atoms with E-state index in [0.717, 1.165) is 0 Å². The van der Waals surface area contributed by atoms with Crippen molar-refractivity contribution in [1.29, 1.82) is 0 Å². The summed E-state index contributed by atoms with van der Waals surface area (Å²) in [4.78, 5) is 0. The summed E-state index contributed by atoms with van der Waals surface area (Å²) in [5, 5.41) is 0. The van der Waals surface area contributed by atoms with Crippen LogP contribution in [0.3, 0.4) is 0 Å². The van der Waals surface area contributed by atoms with Gasteiger partial charge in [-0.25, -0.2) is 8.93 Å². The van der Waals surface area contributed by atoms with Crippen LogP contribution in [0.25, 0.3) is 0 Å². The van der Waals surface area contributed by atoms with Crippen molar-refractivity contribution in [2.24, 2.45) is 5.41 Å². The summed E-state index contributed by atoms with van der Waals surface area (Å²) >= 11 is 0. The molecule has 3 heteroatoms. The van der Waals surface area contributed by atoms with Crippen molar-refractivity contribution < 1.29 is 4.21 Å². The van der Waals surface area contributed by atoms with Crippen molar-refractivity contribution in [2.45, 2.75) is 59.3 Å². The van der Waals surface area contributed by atoms with Crippen LogP contribution in [0.4, 0.5) is 0 Å². The van der Waals surface area contributed by atoms with Gasteiger partial charge in [0.15, 0.2) is 0 Å². The second-order valence-corrected chi connectivity index (χ2v) is 7.58. The third-order valence-corrected chi connectivity index (χ3v) is 3.82. The first-order valence-corrected chi connectivity index (χ1v) is 5.88. The van der Waals surface area contributed by atoms with Gasteiger partial charge in [-0.2, -0.15) is 0 Å². The van der Waals surface area contributed by atoms with Crippen LogP contribution in [0, 0.1) is 5.41 Å². The molecule has 0 bridgehead atoms. The molecule has 0 aliphatic rings. The molecular formula is C10H23NOS. The van der Waals surface area contributed by atoms with Crippen LogP contribution in [0.2, 0.25) is 0 Å². The molecule has 0 amide bonds. The van der Waals surface area contributed by atoms with Gasteiger partial charge in [-0.3, -0.25) is 0 Å². The van der Waals surface area contributed by atoms with Crippen LogP contribution >= 0.6 is 0 Å². The highest BCUT2D eigenvalue weighted by Crippen LogP contribution is 2.20. The third kappa shape index (κ3) is 4.77. The Bertz CT molecular complexity index is 188. The molecule has 2 nitrogen and oxygen atoms in total. The summed E-state index contributed by atoms with van der Waals surface area (Å²) < 4.78 is 14.7. The number of hydrogen-bond donors (Lipinski definition) is 1. The molecule has 2 atom stereocenters. The molecule has 0 saturated heterocycles. The van der Waals surface area contributed by atoms with Crippen LogP contribution in [-0.4, -0.2) is 15.0 Å². The van der Waals surface area contributed by atoms with E-state index in [1.54, 1.807) is 0 Å². The molecule has 80 valence electrons. The van der Waals surface area contributed by atoms with E-state index in [0.29, 0.717) is 0 Å². The lowest BCUT2D eigenvalue weighted by molar-refractivity contribution is 0.320. The Labute approximate surface area is 85.1 Å². The van der Waals surface area contributed by atoms with Gasteiger partial charge in [-0.05, 0) is 33.1 Å². The van der Waals surface area contributed by atoms with Gasteiger partial charge in [0.05, 0.1) is 15.7 Å². The van der Waals surface area contributed by atoms with Gasteiger partial charge in [0.2, 0.25) is 0 Å². The smallest absolute Gasteiger partial charge is 0.0972 e. The molecule has 0 saturated carbocycles. The van der Waals surface area contributed by atoms with E-state index in [9.17, 15) is 4.21 Å². The summed E-state index contributed by atoms with van der Waals surface area (Å²) in [5.41, 5.74) is 0.154. The van der Waals surface area contributed by atoms with Gasteiger partial charge in [0, 0.05) is 6.04 Å². The van der Waals surface area contributed by atoms with E-state index >= 15 is 0 Å². The van der Waals surface area contributed by atoms with Crippen molar-refractivity contribution in [2.75, 3.05) is 0 Å². The van der Waals surface area contributed by atoms with E-state index in [1.807, 2.05) is 20.8 Å². The molecule has 1 N–H and O–H groups in total. The van der Waals surface area contributed by atoms with Crippen molar-refractivity contribution in [3.63, 3.8) is 0 Å². The predicted octanol–water partition coefficient (Wildman–Crippen LogP) is 2.47. The molecule has 0 aliphatic carbocycles. The lowest BCUT2D eigenvalue weighted by atomic mass is 9.89. The summed E-state index contributed by atoms with van der Waals surface area (Å²) in [6.07, 6.45) is 0. The Morgan fingerprint density at radius 1 is 1.08 bits per heavy atom. The third-order valence-electron chi connectivity index (χ3n) is 2.14. The molecule has 0 heterocycles. The highest BCUT2D eigenvalue weighted by Gasteiger charge is 2.26. The Morgan fingerprint density at radius 2 is 1.46 bits per heavy atom. The number of hydrogen-bond acceptors (Lipinski definition) is 1. The first-order valence-electron chi connectivity index (χ1n) is 4.73. The Morgan fingerprint density at radius 3 is 1.69 bits per heavy atom. The van der Waals surface area contributed by atoms with Crippen molar-refractivity contribution in [3.8, 4) is 0 Å². The fourth-order valence-electron chi connectivity index (χ4n) is 0.514. The van der Waals surface area contributed by atoms with Crippen LogP contribution in [-0.2, 0) is 11.0 Å². The second kappa shape index (κ2) is 4.09. The Kier molecular flexibility index (Phi) is 4.13. The Balaban J connectivity index is 4.24. The van der Waals surface area contributed by atoms with Gasteiger partial charge in [0.25, 0.3) is 0 Å². The lowest BCUT2D eigenvalue weighted by Crippen LogP contribution is -2.44. The highest BCUT2D eigenvalue weighted by molar-refractivity contribution is 7.84. The summed E-state index contributed by atoms with van der Waals surface area (Å²) in [7, 11) is -0.964. The fourth-order valence-corrected chi connectivity index (χ4v) is 1.54.